The Morgan fingerprint density at radius 1 is 1.10 bits per heavy atom. The number of hydrogen-bond donors (Lipinski definition) is 1. The Bertz CT molecular complexity index is 1300. The molecule has 154 valence electrons. The molecule has 1 aliphatic heterocycles. The van der Waals surface area contributed by atoms with E-state index < -0.39 is 5.63 Å². The van der Waals surface area contributed by atoms with Crippen LogP contribution in [0.4, 0.5) is 5.69 Å². The number of anilines is 1. The minimum absolute atomic E-state index is 0.188. The van der Waals surface area contributed by atoms with Crippen molar-refractivity contribution in [3.05, 3.63) is 93.7 Å². The monoisotopic (exact) mass is 448 g/mol. The summed E-state index contributed by atoms with van der Waals surface area (Å²) in [5, 5.41) is 3.42. The fraction of sp³-hybridized carbons (Fsp3) is 0.0435. The number of nitrogens with one attached hydrogen (secondary N) is 1. The standard InChI is InChI=1S/C23H16N2O4S2/c26-20(24-17-10-11-18-16(13-17)9-12-21(27)29-18)14-25-22(28)19(31-23(25)30)8-4-7-15-5-2-1-3-6-15/h1-13H,14H2,(H,24,26)/b7-4+,19-8-. The highest BCUT2D eigenvalue weighted by molar-refractivity contribution is 8.26. The molecule has 2 aromatic carbocycles. The normalized spacial score (nSPS) is 15.4. The maximum Gasteiger partial charge on any atom is 0.336 e. The molecular formula is C23H16N2O4S2. The van der Waals surface area contributed by atoms with Gasteiger partial charge in [-0.25, -0.2) is 4.79 Å². The number of carbonyl (C=O) groups excluding carboxylic acids is 2. The zero-order chi connectivity index (χ0) is 21.8. The second-order valence-corrected chi connectivity index (χ2v) is 8.29. The predicted octanol–water partition coefficient (Wildman–Crippen LogP) is 4.19. The van der Waals surface area contributed by atoms with Gasteiger partial charge >= 0.3 is 5.63 Å². The molecule has 1 saturated heterocycles. The van der Waals surface area contributed by atoms with Crippen LogP contribution in [0.15, 0.2) is 86.9 Å². The predicted molar refractivity (Wildman–Crippen MR) is 127 cm³/mol. The molecule has 1 aliphatic rings. The zero-order valence-corrected chi connectivity index (χ0v) is 17.7. The average Bonchev–Trinajstić information content (AvgIpc) is 3.02. The molecule has 0 spiro atoms. The largest absolute Gasteiger partial charge is 0.423 e. The number of allylic oxidation sites excluding steroid dienone is 2. The lowest BCUT2D eigenvalue weighted by Gasteiger charge is -2.14. The second-order valence-electron chi connectivity index (χ2n) is 6.62. The van der Waals surface area contributed by atoms with Crippen molar-refractivity contribution in [1.82, 2.24) is 4.90 Å². The molecule has 1 aromatic heterocycles. The lowest BCUT2D eigenvalue weighted by Crippen LogP contribution is -2.36. The van der Waals surface area contributed by atoms with Crippen molar-refractivity contribution in [2.24, 2.45) is 0 Å². The van der Waals surface area contributed by atoms with Gasteiger partial charge < -0.3 is 9.73 Å². The van der Waals surface area contributed by atoms with Gasteiger partial charge in [0.25, 0.3) is 5.91 Å². The van der Waals surface area contributed by atoms with E-state index in [1.165, 1.54) is 11.0 Å². The molecule has 6 nitrogen and oxygen atoms in total. The summed E-state index contributed by atoms with van der Waals surface area (Å²) in [7, 11) is 0. The fourth-order valence-electron chi connectivity index (χ4n) is 2.95. The van der Waals surface area contributed by atoms with E-state index in [1.807, 2.05) is 36.4 Å². The second kappa shape index (κ2) is 9.11. The van der Waals surface area contributed by atoms with E-state index in [9.17, 15) is 14.4 Å². The highest BCUT2D eigenvalue weighted by Crippen LogP contribution is 2.31. The highest BCUT2D eigenvalue weighted by atomic mass is 32.2. The number of amides is 2. The van der Waals surface area contributed by atoms with Crippen LogP contribution in [0.2, 0.25) is 0 Å². The van der Waals surface area contributed by atoms with E-state index in [-0.39, 0.29) is 18.4 Å². The van der Waals surface area contributed by atoms with Crippen LogP contribution in [0.3, 0.4) is 0 Å². The quantitative estimate of drug-likeness (QED) is 0.358. The minimum Gasteiger partial charge on any atom is -0.423 e. The third-order valence-corrected chi connectivity index (χ3v) is 5.81. The van der Waals surface area contributed by atoms with Crippen LogP contribution in [0.1, 0.15) is 5.56 Å². The van der Waals surface area contributed by atoms with Crippen molar-refractivity contribution in [1.29, 1.82) is 0 Å². The Kier molecular flexibility index (Phi) is 6.11. The van der Waals surface area contributed by atoms with Crippen molar-refractivity contribution in [3.63, 3.8) is 0 Å². The van der Waals surface area contributed by atoms with Gasteiger partial charge in [0.2, 0.25) is 5.91 Å². The summed E-state index contributed by atoms with van der Waals surface area (Å²) >= 11 is 6.44. The molecule has 4 rings (SSSR count). The van der Waals surface area contributed by atoms with Crippen LogP contribution in [0.5, 0.6) is 0 Å². The summed E-state index contributed by atoms with van der Waals surface area (Å²) in [6.45, 7) is -0.188. The molecule has 1 N–H and O–H groups in total. The van der Waals surface area contributed by atoms with E-state index in [0.717, 1.165) is 17.3 Å². The Morgan fingerprint density at radius 3 is 2.71 bits per heavy atom. The van der Waals surface area contributed by atoms with Gasteiger partial charge in [0.05, 0.1) is 4.91 Å². The summed E-state index contributed by atoms with van der Waals surface area (Å²) in [5.41, 5.74) is 1.53. The van der Waals surface area contributed by atoms with Crippen molar-refractivity contribution >= 4 is 62.8 Å². The summed E-state index contributed by atoms with van der Waals surface area (Å²) in [6, 6.07) is 17.6. The van der Waals surface area contributed by atoms with Crippen molar-refractivity contribution in [2.45, 2.75) is 0 Å². The van der Waals surface area contributed by atoms with Crippen LogP contribution in [-0.4, -0.2) is 27.6 Å². The molecule has 8 heteroatoms. The molecule has 3 aromatic rings. The Labute approximate surface area is 187 Å². The first kappa shape index (κ1) is 20.8. The van der Waals surface area contributed by atoms with E-state index in [2.05, 4.69) is 5.32 Å². The van der Waals surface area contributed by atoms with Crippen molar-refractivity contribution in [3.8, 4) is 0 Å². The van der Waals surface area contributed by atoms with E-state index in [1.54, 1.807) is 36.4 Å². The number of thioether (sulfide) groups is 1. The van der Waals surface area contributed by atoms with Crippen molar-refractivity contribution < 1.29 is 14.0 Å². The van der Waals surface area contributed by atoms with Gasteiger partial charge in [-0.1, -0.05) is 66.5 Å². The molecule has 2 amide bonds. The number of carbonyl (C=O) groups is 2. The third kappa shape index (κ3) is 4.99. The van der Waals surface area contributed by atoms with Crippen LogP contribution < -0.4 is 10.9 Å². The van der Waals surface area contributed by atoms with Crippen LogP contribution >= 0.6 is 24.0 Å². The summed E-state index contributed by atoms with van der Waals surface area (Å²) in [6.07, 6.45) is 5.37. The number of thiocarbonyl (C=S) groups is 1. The zero-order valence-electron chi connectivity index (χ0n) is 16.1. The summed E-state index contributed by atoms with van der Waals surface area (Å²) in [5.74, 6) is -0.683. The maximum atomic E-state index is 12.6. The van der Waals surface area contributed by atoms with Crippen LogP contribution in [0, 0.1) is 0 Å². The lowest BCUT2D eigenvalue weighted by atomic mass is 10.2. The van der Waals surface area contributed by atoms with Gasteiger partial charge in [0, 0.05) is 17.1 Å². The average molecular weight is 449 g/mol. The SMILES string of the molecule is O=C(CN1C(=O)/C(=C/C=C/c2ccccc2)SC1=S)Nc1ccc2oc(=O)ccc2c1. The van der Waals surface area contributed by atoms with Crippen LogP contribution in [0.25, 0.3) is 17.0 Å². The Morgan fingerprint density at radius 2 is 1.90 bits per heavy atom. The van der Waals surface area contributed by atoms with E-state index in [0.29, 0.717) is 25.9 Å². The van der Waals surface area contributed by atoms with Gasteiger partial charge in [0.15, 0.2) is 0 Å². The lowest BCUT2D eigenvalue weighted by molar-refractivity contribution is -0.126. The summed E-state index contributed by atoms with van der Waals surface area (Å²) in [4.78, 5) is 38.1. The maximum absolute atomic E-state index is 12.6. The molecule has 31 heavy (non-hydrogen) atoms. The molecule has 0 saturated carbocycles. The number of rotatable bonds is 5. The summed E-state index contributed by atoms with van der Waals surface area (Å²) < 4.78 is 5.41. The minimum atomic E-state index is -0.440. The van der Waals surface area contributed by atoms with E-state index >= 15 is 0 Å². The molecule has 1 fully saturated rings. The first-order chi connectivity index (χ1) is 15.0. The topological polar surface area (TPSA) is 79.6 Å². The Balaban J connectivity index is 1.41. The molecule has 2 heterocycles. The highest BCUT2D eigenvalue weighted by Gasteiger charge is 2.33. The van der Waals surface area contributed by atoms with Crippen LogP contribution in [-0.2, 0) is 9.59 Å². The molecule has 0 aliphatic carbocycles. The number of fused-ring (bicyclic) bond motifs is 1. The number of benzene rings is 2. The first-order valence-corrected chi connectivity index (χ1v) is 10.5. The molecule has 0 atom stereocenters. The molecular weight excluding hydrogens is 432 g/mol. The number of hydrogen-bond acceptors (Lipinski definition) is 6. The van der Waals surface area contributed by atoms with Crippen molar-refractivity contribution in [2.75, 3.05) is 11.9 Å². The van der Waals surface area contributed by atoms with Gasteiger partial charge in [-0.05, 0) is 35.9 Å². The van der Waals surface area contributed by atoms with Gasteiger partial charge in [-0.3, -0.25) is 14.5 Å². The van der Waals surface area contributed by atoms with Gasteiger partial charge in [-0.2, -0.15) is 0 Å². The molecule has 0 bridgehead atoms. The van der Waals surface area contributed by atoms with E-state index in [4.69, 9.17) is 16.6 Å². The fourth-order valence-corrected chi connectivity index (χ4v) is 4.16. The smallest absolute Gasteiger partial charge is 0.336 e. The first-order valence-electron chi connectivity index (χ1n) is 9.30. The third-order valence-electron chi connectivity index (χ3n) is 4.41. The Hall–Kier alpha value is -3.49. The van der Waals surface area contributed by atoms with Gasteiger partial charge in [0.1, 0.15) is 16.4 Å². The molecule has 0 unspecified atom stereocenters. The molecule has 0 radical (unpaired) electrons. The van der Waals surface area contributed by atoms with Gasteiger partial charge in [-0.15, -0.1) is 0 Å². The number of nitrogens with zero attached hydrogens (tertiary/aromatic N) is 1.